The molecule has 4 heteroatoms. The first kappa shape index (κ1) is 25.8. The van der Waals surface area contributed by atoms with Gasteiger partial charge in [0.2, 0.25) is 5.52 Å². The monoisotopic (exact) mass is 514 g/mol. The number of rotatable bonds is 2. The first-order valence-corrected chi connectivity index (χ1v) is 14.1. The molecule has 0 saturated carbocycles. The van der Waals surface area contributed by atoms with E-state index in [0.29, 0.717) is 0 Å². The molecule has 1 aliphatic heterocycles. The largest absolute Gasteiger partial charge is 0.469 e. The summed E-state index contributed by atoms with van der Waals surface area (Å²) in [5, 5.41) is 1.22. The number of benzene rings is 3. The highest BCUT2D eigenvalue weighted by Gasteiger charge is 2.43. The summed E-state index contributed by atoms with van der Waals surface area (Å²) in [6.45, 7) is 28.8. The summed E-state index contributed by atoms with van der Waals surface area (Å²) in [7, 11) is 0. The standard InChI is InChI=1S/C33H40NO2S/c1-14-17(4)23(10)29(24(11)18(14)5)35-33-34-28-22(9)16(3)20(7)26(13)31(28)37-32(34)27-21(8)15(2)19(6)25(12)30(27)36-33/h33H,1-13H3/q+1. The summed E-state index contributed by atoms with van der Waals surface area (Å²) in [4.78, 5) is 0. The van der Waals surface area contributed by atoms with E-state index in [1.807, 2.05) is 11.3 Å². The molecule has 0 aliphatic carbocycles. The van der Waals surface area contributed by atoms with Gasteiger partial charge in [0.15, 0.2) is 0 Å². The first-order chi connectivity index (χ1) is 17.3. The highest BCUT2D eigenvalue weighted by Crippen LogP contribution is 2.48. The van der Waals surface area contributed by atoms with Gasteiger partial charge in [0, 0.05) is 5.56 Å². The van der Waals surface area contributed by atoms with Crippen molar-refractivity contribution in [1.82, 2.24) is 0 Å². The lowest BCUT2D eigenvalue weighted by Crippen LogP contribution is -2.49. The molecule has 1 aromatic heterocycles. The van der Waals surface area contributed by atoms with Crippen molar-refractivity contribution in [1.29, 1.82) is 0 Å². The van der Waals surface area contributed by atoms with Gasteiger partial charge in [-0.05, 0) is 157 Å². The summed E-state index contributed by atoms with van der Waals surface area (Å²) in [5.74, 6) is 1.89. The summed E-state index contributed by atoms with van der Waals surface area (Å²) >= 11 is 1.88. The highest BCUT2D eigenvalue weighted by atomic mass is 32.1. The topological polar surface area (TPSA) is 22.3 Å². The van der Waals surface area contributed by atoms with Crippen LogP contribution < -0.4 is 14.0 Å². The van der Waals surface area contributed by atoms with Crippen molar-refractivity contribution in [2.24, 2.45) is 0 Å². The molecule has 1 aliphatic rings. The molecule has 2 heterocycles. The van der Waals surface area contributed by atoms with E-state index in [9.17, 15) is 0 Å². The Labute approximate surface area is 226 Å². The summed E-state index contributed by atoms with van der Waals surface area (Å²) in [6.07, 6.45) is -0.587. The van der Waals surface area contributed by atoms with Crippen molar-refractivity contribution in [2.75, 3.05) is 0 Å². The van der Waals surface area contributed by atoms with Crippen LogP contribution in [0.25, 0.3) is 20.8 Å². The normalized spacial score (nSPS) is 14.6. The second-order valence-corrected chi connectivity index (χ2v) is 12.2. The number of ether oxygens (including phenoxy) is 2. The van der Waals surface area contributed by atoms with E-state index in [4.69, 9.17) is 9.47 Å². The molecule has 1 unspecified atom stereocenters. The van der Waals surface area contributed by atoms with E-state index in [-0.39, 0.29) is 0 Å². The van der Waals surface area contributed by atoms with E-state index < -0.39 is 6.41 Å². The number of fused-ring (bicyclic) bond motifs is 5. The summed E-state index contributed by atoms with van der Waals surface area (Å²) < 4.78 is 17.5. The molecule has 0 radical (unpaired) electrons. The van der Waals surface area contributed by atoms with Crippen molar-refractivity contribution in [3.05, 3.63) is 72.3 Å². The number of hydrogen-bond donors (Lipinski definition) is 0. The SMILES string of the molecule is Cc1c(C)c(C)c(OC2Oc3c(C)c(C)c(C)c(C)c3-c3sc4c(C)c(C)c(C)c(C)c4[n+]32)c(C)c1C. The predicted molar refractivity (Wildman–Crippen MR) is 156 cm³/mol. The Balaban J connectivity index is 1.88. The molecule has 3 aromatic carbocycles. The maximum absolute atomic E-state index is 6.96. The number of aromatic nitrogens is 1. The first-order valence-electron chi connectivity index (χ1n) is 13.2. The van der Waals surface area contributed by atoms with E-state index in [0.717, 1.165) is 11.5 Å². The smallest absolute Gasteiger partial charge is 0.401 e. The van der Waals surface area contributed by atoms with Gasteiger partial charge < -0.3 is 9.47 Å². The number of thiazole rings is 1. The Hall–Kier alpha value is -2.85. The minimum Gasteiger partial charge on any atom is -0.401 e. The molecule has 5 rings (SSSR count). The third-order valence-corrected chi connectivity index (χ3v) is 11.0. The minimum atomic E-state index is -0.587. The Bertz CT molecular complexity index is 1630. The molecule has 0 fully saturated rings. The molecule has 37 heavy (non-hydrogen) atoms. The van der Waals surface area contributed by atoms with Crippen molar-refractivity contribution >= 4 is 21.6 Å². The lowest BCUT2D eigenvalue weighted by Gasteiger charge is -2.28. The van der Waals surface area contributed by atoms with Crippen LogP contribution in [0.1, 0.15) is 78.7 Å². The Morgan fingerprint density at radius 2 is 1.00 bits per heavy atom. The minimum absolute atomic E-state index is 0.587. The quantitative estimate of drug-likeness (QED) is 0.249. The Morgan fingerprint density at radius 1 is 0.541 bits per heavy atom. The van der Waals surface area contributed by atoms with Gasteiger partial charge in [-0.2, -0.15) is 0 Å². The molecule has 4 aromatic rings. The van der Waals surface area contributed by atoms with Crippen LogP contribution in [0.2, 0.25) is 0 Å². The zero-order valence-electron chi connectivity index (χ0n) is 24.7. The molecule has 0 bridgehead atoms. The van der Waals surface area contributed by atoms with Crippen LogP contribution in [0.3, 0.4) is 0 Å². The molecule has 0 amide bonds. The van der Waals surface area contributed by atoms with Gasteiger partial charge in [0.25, 0.3) is 5.01 Å². The fraction of sp³-hybridized carbons (Fsp3) is 0.424. The number of aryl methyl sites for hydroxylation is 2. The summed E-state index contributed by atoms with van der Waals surface area (Å²) in [5.41, 5.74) is 19.2. The van der Waals surface area contributed by atoms with Crippen LogP contribution in [0.15, 0.2) is 0 Å². The zero-order chi connectivity index (χ0) is 27.2. The molecular weight excluding hydrogens is 474 g/mol. The van der Waals surface area contributed by atoms with Gasteiger partial charge in [-0.15, -0.1) is 4.57 Å². The van der Waals surface area contributed by atoms with E-state index >= 15 is 0 Å². The third-order valence-electron chi connectivity index (χ3n) is 9.68. The van der Waals surface area contributed by atoms with Crippen molar-refractivity contribution in [3.8, 4) is 22.1 Å². The molecular formula is C33H40NO2S+. The van der Waals surface area contributed by atoms with E-state index in [1.54, 1.807) is 0 Å². The van der Waals surface area contributed by atoms with Gasteiger partial charge in [-0.25, -0.2) is 0 Å². The highest BCUT2D eigenvalue weighted by molar-refractivity contribution is 7.21. The summed E-state index contributed by atoms with van der Waals surface area (Å²) in [6, 6.07) is 0. The van der Waals surface area contributed by atoms with Gasteiger partial charge in [-0.1, -0.05) is 11.3 Å². The Morgan fingerprint density at radius 3 is 1.59 bits per heavy atom. The molecule has 1 atom stereocenters. The number of nitrogens with zero attached hydrogens (tertiary/aromatic N) is 1. The average molecular weight is 515 g/mol. The van der Waals surface area contributed by atoms with Gasteiger partial charge in [-0.3, -0.25) is 0 Å². The Kier molecular flexibility index (Phi) is 5.99. The number of hydrogen-bond acceptors (Lipinski definition) is 3. The lowest BCUT2D eigenvalue weighted by atomic mass is 9.92. The van der Waals surface area contributed by atoms with Crippen molar-refractivity contribution < 1.29 is 14.0 Å². The third kappa shape index (κ3) is 3.41. The van der Waals surface area contributed by atoms with Crippen LogP contribution >= 0.6 is 11.3 Å². The zero-order valence-corrected chi connectivity index (χ0v) is 25.6. The van der Waals surface area contributed by atoms with Crippen LogP contribution in [-0.4, -0.2) is 0 Å². The van der Waals surface area contributed by atoms with Crippen LogP contribution in [0.5, 0.6) is 11.5 Å². The van der Waals surface area contributed by atoms with Crippen LogP contribution in [0, 0.1) is 90.0 Å². The van der Waals surface area contributed by atoms with Gasteiger partial charge >= 0.3 is 6.41 Å². The van der Waals surface area contributed by atoms with E-state index in [2.05, 4.69) is 94.6 Å². The van der Waals surface area contributed by atoms with Gasteiger partial charge in [0.05, 0.1) is 0 Å². The maximum Gasteiger partial charge on any atom is 0.469 e. The van der Waals surface area contributed by atoms with Gasteiger partial charge in [0.1, 0.15) is 21.8 Å². The van der Waals surface area contributed by atoms with Crippen molar-refractivity contribution in [3.63, 3.8) is 0 Å². The lowest BCUT2D eigenvalue weighted by molar-refractivity contribution is -0.757. The van der Waals surface area contributed by atoms with E-state index in [1.165, 1.54) is 93.1 Å². The average Bonchev–Trinajstić information content (AvgIpc) is 3.29. The molecule has 3 nitrogen and oxygen atoms in total. The van der Waals surface area contributed by atoms with Crippen molar-refractivity contribution in [2.45, 2.75) is 96.4 Å². The second-order valence-electron chi connectivity index (χ2n) is 11.2. The fourth-order valence-corrected chi connectivity index (χ4v) is 7.42. The predicted octanol–water partition coefficient (Wildman–Crippen LogP) is 8.79. The van der Waals surface area contributed by atoms with Crippen LogP contribution in [-0.2, 0) is 0 Å². The molecule has 194 valence electrons. The molecule has 0 saturated heterocycles. The molecule has 0 spiro atoms. The second kappa shape index (κ2) is 8.59. The maximum atomic E-state index is 6.96. The molecule has 0 N–H and O–H groups in total. The van der Waals surface area contributed by atoms with Crippen LogP contribution in [0.4, 0.5) is 0 Å². The fourth-order valence-electron chi connectivity index (χ4n) is 5.95.